The number of hydrogen-bond donors (Lipinski definition) is 0. The number of carbonyl (C=O) groups excluding carboxylic acids is 1. The third-order valence-corrected chi connectivity index (χ3v) is 4.70. The van der Waals surface area contributed by atoms with Gasteiger partial charge in [0.15, 0.2) is 0 Å². The van der Waals surface area contributed by atoms with Crippen LogP contribution in [-0.2, 0) is 6.54 Å². The van der Waals surface area contributed by atoms with Crippen LogP contribution in [-0.4, -0.2) is 29.9 Å². The van der Waals surface area contributed by atoms with E-state index in [0.29, 0.717) is 12.1 Å². The van der Waals surface area contributed by atoms with Crippen LogP contribution in [0.1, 0.15) is 32.7 Å². The van der Waals surface area contributed by atoms with Gasteiger partial charge in [-0.05, 0) is 56.2 Å². The molecule has 0 aliphatic carbocycles. The summed E-state index contributed by atoms with van der Waals surface area (Å²) in [4.78, 5) is 19.3. The van der Waals surface area contributed by atoms with Gasteiger partial charge in [0.05, 0.1) is 23.9 Å². The van der Waals surface area contributed by atoms with Gasteiger partial charge in [0.1, 0.15) is 5.75 Å². The van der Waals surface area contributed by atoms with Crippen LogP contribution in [0.15, 0.2) is 42.5 Å². The molecule has 4 nitrogen and oxygen atoms in total. The summed E-state index contributed by atoms with van der Waals surface area (Å²) >= 11 is 0. The predicted octanol–water partition coefficient (Wildman–Crippen LogP) is 4.44. The first kappa shape index (κ1) is 17.9. The second-order valence-corrected chi connectivity index (χ2v) is 6.77. The summed E-state index contributed by atoms with van der Waals surface area (Å²) in [6.45, 7) is 6.60. The number of hydrogen-bond acceptors (Lipinski definition) is 3. The second-order valence-electron chi connectivity index (χ2n) is 6.77. The number of nitrogens with zero attached hydrogens (tertiary/aromatic N) is 2. The van der Waals surface area contributed by atoms with Gasteiger partial charge >= 0.3 is 0 Å². The van der Waals surface area contributed by atoms with Crippen LogP contribution >= 0.6 is 0 Å². The van der Waals surface area contributed by atoms with Gasteiger partial charge in [0, 0.05) is 19.0 Å². The highest BCUT2D eigenvalue weighted by molar-refractivity contribution is 5.98. The number of amides is 1. The summed E-state index contributed by atoms with van der Waals surface area (Å²) < 4.78 is 5.28. The molecule has 26 heavy (non-hydrogen) atoms. The highest BCUT2D eigenvalue weighted by atomic mass is 16.5. The van der Waals surface area contributed by atoms with Crippen molar-refractivity contribution in [1.29, 1.82) is 0 Å². The van der Waals surface area contributed by atoms with E-state index in [1.807, 2.05) is 38.2 Å². The van der Waals surface area contributed by atoms with E-state index in [4.69, 9.17) is 4.74 Å². The van der Waals surface area contributed by atoms with Crippen LogP contribution < -0.4 is 4.74 Å². The number of rotatable bonds is 4. The van der Waals surface area contributed by atoms with Gasteiger partial charge in [-0.1, -0.05) is 23.8 Å². The molecule has 0 spiro atoms. The highest BCUT2D eigenvalue weighted by Crippen LogP contribution is 2.23. The largest absolute Gasteiger partial charge is 0.497 e. The third kappa shape index (κ3) is 3.54. The number of benzene rings is 2. The Hall–Kier alpha value is -2.88. The molecule has 0 aliphatic heterocycles. The molecule has 1 aromatic heterocycles. The highest BCUT2D eigenvalue weighted by Gasteiger charge is 2.17. The molecule has 0 saturated heterocycles. The van der Waals surface area contributed by atoms with E-state index >= 15 is 0 Å². The van der Waals surface area contributed by atoms with Crippen LogP contribution in [0.25, 0.3) is 10.9 Å². The molecule has 4 heteroatoms. The lowest BCUT2D eigenvalue weighted by Gasteiger charge is -2.20. The molecular weight excluding hydrogens is 324 g/mol. The smallest absolute Gasteiger partial charge is 0.255 e. The lowest BCUT2D eigenvalue weighted by molar-refractivity contribution is 0.0784. The molecule has 0 radical (unpaired) electrons. The fourth-order valence-electron chi connectivity index (χ4n) is 3.15. The molecule has 1 amide bonds. The Morgan fingerprint density at radius 3 is 2.54 bits per heavy atom. The Kier molecular flexibility index (Phi) is 4.94. The number of carbonyl (C=O) groups is 1. The molecule has 0 fully saturated rings. The Balaban J connectivity index is 1.91. The van der Waals surface area contributed by atoms with Crippen molar-refractivity contribution in [2.75, 3.05) is 14.2 Å². The summed E-state index contributed by atoms with van der Waals surface area (Å²) in [7, 11) is 3.46. The molecule has 0 aliphatic rings. The Morgan fingerprint density at radius 1 is 1.08 bits per heavy atom. The summed E-state index contributed by atoms with van der Waals surface area (Å²) in [6.07, 6.45) is 0. The number of ether oxygens (including phenoxy) is 1. The fourth-order valence-corrected chi connectivity index (χ4v) is 3.15. The van der Waals surface area contributed by atoms with E-state index in [0.717, 1.165) is 27.9 Å². The van der Waals surface area contributed by atoms with Crippen molar-refractivity contribution in [3.63, 3.8) is 0 Å². The number of fused-ring (bicyclic) bond motifs is 1. The topological polar surface area (TPSA) is 42.4 Å². The molecule has 0 bridgehead atoms. The van der Waals surface area contributed by atoms with E-state index in [1.54, 1.807) is 12.0 Å². The van der Waals surface area contributed by atoms with Gasteiger partial charge in [0.2, 0.25) is 0 Å². The molecule has 3 rings (SSSR count). The van der Waals surface area contributed by atoms with Gasteiger partial charge in [-0.25, -0.2) is 0 Å². The average Bonchev–Trinajstić information content (AvgIpc) is 2.62. The van der Waals surface area contributed by atoms with Crippen molar-refractivity contribution in [3.8, 4) is 5.75 Å². The number of pyridine rings is 1. The van der Waals surface area contributed by atoms with Crippen molar-refractivity contribution in [3.05, 3.63) is 70.4 Å². The van der Waals surface area contributed by atoms with E-state index < -0.39 is 0 Å². The molecular formula is C22H24N2O2. The van der Waals surface area contributed by atoms with Crippen LogP contribution in [0, 0.1) is 20.8 Å². The first-order valence-corrected chi connectivity index (χ1v) is 8.66. The first-order chi connectivity index (χ1) is 12.4. The monoisotopic (exact) mass is 348 g/mol. The quantitative estimate of drug-likeness (QED) is 0.700. The minimum atomic E-state index is -0.0281. The number of methoxy groups -OCH3 is 1. The molecule has 0 unspecified atom stereocenters. The molecule has 0 atom stereocenters. The Morgan fingerprint density at radius 2 is 1.85 bits per heavy atom. The zero-order chi connectivity index (χ0) is 18.8. The van der Waals surface area contributed by atoms with Crippen LogP contribution in [0.5, 0.6) is 5.75 Å². The Bertz CT molecular complexity index is 979. The minimum absolute atomic E-state index is 0.0281. The summed E-state index contributed by atoms with van der Waals surface area (Å²) in [6, 6.07) is 13.9. The molecule has 3 aromatic rings. The predicted molar refractivity (Wildman–Crippen MR) is 105 cm³/mol. The zero-order valence-electron chi connectivity index (χ0n) is 16.0. The van der Waals surface area contributed by atoms with Crippen molar-refractivity contribution in [2.24, 2.45) is 0 Å². The lowest BCUT2D eigenvalue weighted by Crippen LogP contribution is -2.27. The zero-order valence-corrected chi connectivity index (χ0v) is 16.0. The summed E-state index contributed by atoms with van der Waals surface area (Å²) in [5, 5.41) is 0.901. The third-order valence-electron chi connectivity index (χ3n) is 4.70. The van der Waals surface area contributed by atoms with Crippen molar-refractivity contribution in [1.82, 2.24) is 9.88 Å². The fraction of sp³-hybridized carbons (Fsp3) is 0.273. The average molecular weight is 348 g/mol. The van der Waals surface area contributed by atoms with Crippen molar-refractivity contribution < 1.29 is 9.53 Å². The molecule has 134 valence electrons. The van der Waals surface area contributed by atoms with E-state index in [9.17, 15) is 4.79 Å². The van der Waals surface area contributed by atoms with E-state index in [-0.39, 0.29) is 5.91 Å². The number of aromatic nitrogens is 1. The van der Waals surface area contributed by atoms with Crippen LogP contribution in [0.4, 0.5) is 0 Å². The molecule has 2 aromatic carbocycles. The van der Waals surface area contributed by atoms with Gasteiger partial charge < -0.3 is 9.64 Å². The lowest BCUT2D eigenvalue weighted by atomic mass is 10.0. The number of aryl methyl sites for hydroxylation is 3. The summed E-state index contributed by atoms with van der Waals surface area (Å²) in [5.74, 6) is 0.727. The van der Waals surface area contributed by atoms with Gasteiger partial charge in [0.25, 0.3) is 5.91 Å². The van der Waals surface area contributed by atoms with Gasteiger partial charge in [-0.15, -0.1) is 0 Å². The molecule has 0 N–H and O–H groups in total. The first-order valence-electron chi connectivity index (χ1n) is 8.66. The van der Waals surface area contributed by atoms with E-state index in [2.05, 4.69) is 37.0 Å². The van der Waals surface area contributed by atoms with E-state index in [1.165, 1.54) is 11.1 Å². The maximum absolute atomic E-state index is 13.0. The summed E-state index contributed by atoms with van der Waals surface area (Å²) in [5.41, 5.74) is 5.79. The standard InChI is InChI=1S/C22H24N2O2/c1-14-6-7-17(15(2)10-14)13-24(4)22(25)20-12-18-11-19(26-5)8-9-21(18)23-16(20)3/h6-12H,13H2,1-5H3. The van der Waals surface area contributed by atoms with Crippen LogP contribution in [0.3, 0.4) is 0 Å². The maximum Gasteiger partial charge on any atom is 0.255 e. The molecule has 0 saturated carbocycles. The maximum atomic E-state index is 13.0. The molecule has 1 heterocycles. The van der Waals surface area contributed by atoms with Gasteiger partial charge in [-0.3, -0.25) is 9.78 Å². The van der Waals surface area contributed by atoms with Crippen molar-refractivity contribution in [2.45, 2.75) is 27.3 Å². The Labute approximate surface area is 154 Å². The second kappa shape index (κ2) is 7.16. The minimum Gasteiger partial charge on any atom is -0.497 e. The SMILES string of the molecule is COc1ccc2nc(C)c(C(=O)N(C)Cc3ccc(C)cc3C)cc2c1. The van der Waals surface area contributed by atoms with Gasteiger partial charge in [-0.2, -0.15) is 0 Å². The van der Waals surface area contributed by atoms with Crippen LogP contribution in [0.2, 0.25) is 0 Å². The normalized spacial score (nSPS) is 10.8. The van der Waals surface area contributed by atoms with Crippen molar-refractivity contribution >= 4 is 16.8 Å².